The Balaban J connectivity index is 2.40. The quantitative estimate of drug-likeness (QED) is 0.923. The van der Waals surface area contributed by atoms with Crippen molar-refractivity contribution >= 4 is 17.6 Å². The molecular formula is C12H9ClN2O3. The standard InChI is InChI=1S/C12H9ClN2O3/c1-7-2-3-8(13)6-10(7)18-11-9(12(16)17)4-5-14-15-11/h2-6H,1H3,(H,16,17). The Kier molecular flexibility index (Phi) is 3.43. The summed E-state index contributed by atoms with van der Waals surface area (Å²) in [5, 5.41) is 16.8. The fraction of sp³-hybridized carbons (Fsp3) is 0.0833. The Morgan fingerprint density at radius 1 is 1.39 bits per heavy atom. The maximum Gasteiger partial charge on any atom is 0.341 e. The number of hydrogen-bond acceptors (Lipinski definition) is 4. The highest BCUT2D eigenvalue weighted by Gasteiger charge is 2.14. The average molecular weight is 265 g/mol. The van der Waals surface area contributed by atoms with Gasteiger partial charge in [0.2, 0.25) is 0 Å². The summed E-state index contributed by atoms with van der Waals surface area (Å²) >= 11 is 5.85. The van der Waals surface area contributed by atoms with Gasteiger partial charge in [0, 0.05) is 5.02 Å². The van der Waals surface area contributed by atoms with Gasteiger partial charge >= 0.3 is 5.97 Å². The van der Waals surface area contributed by atoms with E-state index in [2.05, 4.69) is 10.2 Å². The predicted octanol–water partition coefficient (Wildman–Crippen LogP) is 2.93. The van der Waals surface area contributed by atoms with Crippen LogP contribution in [0.25, 0.3) is 0 Å². The lowest BCUT2D eigenvalue weighted by Crippen LogP contribution is -2.03. The van der Waals surface area contributed by atoms with Crippen molar-refractivity contribution in [2.24, 2.45) is 0 Å². The minimum Gasteiger partial charge on any atom is -0.477 e. The van der Waals surface area contributed by atoms with E-state index in [9.17, 15) is 4.79 Å². The Hall–Kier alpha value is -2.14. The van der Waals surface area contributed by atoms with Gasteiger partial charge in [0.1, 0.15) is 11.3 Å². The van der Waals surface area contributed by atoms with E-state index in [0.29, 0.717) is 10.8 Å². The van der Waals surface area contributed by atoms with Crippen molar-refractivity contribution in [1.29, 1.82) is 0 Å². The minimum atomic E-state index is -1.13. The number of ether oxygens (including phenoxy) is 1. The third-order valence-corrected chi connectivity index (χ3v) is 2.51. The molecule has 0 spiro atoms. The number of nitrogens with zero attached hydrogens (tertiary/aromatic N) is 2. The van der Waals surface area contributed by atoms with E-state index in [0.717, 1.165) is 5.56 Å². The van der Waals surface area contributed by atoms with Crippen LogP contribution in [-0.2, 0) is 0 Å². The first kappa shape index (κ1) is 12.3. The predicted molar refractivity (Wildman–Crippen MR) is 65.3 cm³/mol. The van der Waals surface area contributed by atoms with Gasteiger partial charge in [-0.05, 0) is 30.7 Å². The molecule has 2 rings (SSSR count). The van der Waals surface area contributed by atoms with Crippen molar-refractivity contribution in [1.82, 2.24) is 10.2 Å². The number of aryl methyl sites for hydroxylation is 1. The van der Waals surface area contributed by atoms with Crippen LogP contribution in [0.5, 0.6) is 11.6 Å². The molecule has 0 fully saturated rings. The Morgan fingerprint density at radius 2 is 2.17 bits per heavy atom. The molecule has 0 unspecified atom stereocenters. The molecule has 0 aliphatic rings. The molecule has 0 atom stereocenters. The monoisotopic (exact) mass is 264 g/mol. The van der Waals surface area contributed by atoms with E-state index in [1.807, 2.05) is 6.92 Å². The summed E-state index contributed by atoms with van der Waals surface area (Å²) in [6.45, 7) is 1.82. The zero-order chi connectivity index (χ0) is 13.1. The number of carboxylic acids is 1. The number of halogens is 1. The summed E-state index contributed by atoms with van der Waals surface area (Å²) in [5.41, 5.74) is 0.769. The second kappa shape index (κ2) is 5.01. The molecule has 18 heavy (non-hydrogen) atoms. The van der Waals surface area contributed by atoms with E-state index in [-0.39, 0.29) is 11.4 Å². The Labute approximate surface area is 108 Å². The number of aromatic nitrogens is 2. The fourth-order valence-electron chi connectivity index (χ4n) is 1.34. The maximum absolute atomic E-state index is 11.0. The third kappa shape index (κ3) is 2.57. The molecule has 0 bridgehead atoms. The van der Waals surface area contributed by atoms with Gasteiger partial charge in [-0.15, -0.1) is 5.10 Å². The lowest BCUT2D eigenvalue weighted by Gasteiger charge is -2.09. The molecule has 1 N–H and O–H groups in total. The molecule has 6 heteroatoms. The number of hydrogen-bond donors (Lipinski definition) is 1. The lowest BCUT2D eigenvalue weighted by atomic mass is 10.2. The Bertz CT molecular complexity index is 602. The summed E-state index contributed by atoms with van der Waals surface area (Å²) in [6.07, 6.45) is 1.29. The zero-order valence-electron chi connectivity index (χ0n) is 9.42. The van der Waals surface area contributed by atoms with E-state index >= 15 is 0 Å². The van der Waals surface area contributed by atoms with Gasteiger partial charge in [-0.2, -0.15) is 5.10 Å². The molecule has 0 radical (unpaired) electrons. The molecular weight excluding hydrogens is 256 g/mol. The van der Waals surface area contributed by atoms with Crippen LogP contribution < -0.4 is 4.74 Å². The van der Waals surface area contributed by atoms with Crippen molar-refractivity contribution in [3.8, 4) is 11.6 Å². The summed E-state index contributed by atoms with van der Waals surface area (Å²) in [5.74, 6) is -0.736. The SMILES string of the molecule is Cc1ccc(Cl)cc1Oc1nnccc1C(=O)O. The van der Waals surface area contributed by atoms with Gasteiger partial charge in [-0.25, -0.2) is 4.79 Å². The van der Waals surface area contributed by atoms with Gasteiger partial charge in [0.15, 0.2) is 0 Å². The van der Waals surface area contributed by atoms with Gasteiger partial charge in [-0.3, -0.25) is 0 Å². The molecule has 0 aliphatic carbocycles. The minimum absolute atomic E-state index is 0.0515. The molecule has 0 saturated carbocycles. The normalized spacial score (nSPS) is 10.1. The number of carboxylic acid groups (broad SMARTS) is 1. The molecule has 5 nitrogen and oxygen atoms in total. The molecule has 1 heterocycles. The van der Waals surface area contributed by atoms with Crippen LogP contribution in [0, 0.1) is 6.92 Å². The third-order valence-electron chi connectivity index (χ3n) is 2.27. The summed E-state index contributed by atoms with van der Waals surface area (Å²) in [4.78, 5) is 11.0. The van der Waals surface area contributed by atoms with Crippen molar-refractivity contribution in [3.63, 3.8) is 0 Å². The number of aromatic carboxylic acids is 1. The molecule has 0 amide bonds. The Morgan fingerprint density at radius 3 is 2.89 bits per heavy atom. The summed E-state index contributed by atoms with van der Waals surface area (Å²) < 4.78 is 5.44. The smallest absolute Gasteiger partial charge is 0.341 e. The fourth-order valence-corrected chi connectivity index (χ4v) is 1.51. The van der Waals surface area contributed by atoms with Crippen LogP contribution in [0.2, 0.25) is 5.02 Å². The van der Waals surface area contributed by atoms with Crippen molar-refractivity contribution in [2.75, 3.05) is 0 Å². The molecule has 1 aromatic carbocycles. The highest BCUT2D eigenvalue weighted by atomic mass is 35.5. The molecule has 2 aromatic rings. The van der Waals surface area contributed by atoms with Crippen molar-refractivity contribution < 1.29 is 14.6 Å². The highest BCUT2D eigenvalue weighted by molar-refractivity contribution is 6.30. The lowest BCUT2D eigenvalue weighted by molar-refractivity contribution is 0.0693. The first-order chi connectivity index (χ1) is 8.58. The topological polar surface area (TPSA) is 72.3 Å². The van der Waals surface area contributed by atoms with Crippen LogP contribution in [0.1, 0.15) is 15.9 Å². The van der Waals surface area contributed by atoms with Crippen LogP contribution >= 0.6 is 11.6 Å². The van der Waals surface area contributed by atoms with Crippen LogP contribution in [0.4, 0.5) is 0 Å². The molecule has 1 aromatic heterocycles. The maximum atomic E-state index is 11.0. The van der Waals surface area contributed by atoms with Crippen LogP contribution in [-0.4, -0.2) is 21.3 Å². The van der Waals surface area contributed by atoms with Gasteiger partial charge in [0.25, 0.3) is 5.88 Å². The van der Waals surface area contributed by atoms with Gasteiger partial charge < -0.3 is 9.84 Å². The van der Waals surface area contributed by atoms with E-state index < -0.39 is 5.97 Å². The second-order valence-corrected chi connectivity index (χ2v) is 4.00. The zero-order valence-corrected chi connectivity index (χ0v) is 10.2. The van der Waals surface area contributed by atoms with E-state index in [4.69, 9.17) is 21.4 Å². The summed E-state index contributed by atoms with van der Waals surface area (Å²) in [7, 11) is 0. The number of rotatable bonds is 3. The van der Waals surface area contributed by atoms with Crippen molar-refractivity contribution in [2.45, 2.75) is 6.92 Å². The van der Waals surface area contributed by atoms with Crippen LogP contribution in [0.15, 0.2) is 30.5 Å². The largest absolute Gasteiger partial charge is 0.477 e. The molecule has 92 valence electrons. The number of benzene rings is 1. The van der Waals surface area contributed by atoms with E-state index in [1.54, 1.807) is 18.2 Å². The van der Waals surface area contributed by atoms with Gasteiger partial charge in [-0.1, -0.05) is 17.7 Å². The average Bonchev–Trinajstić information content (AvgIpc) is 2.34. The van der Waals surface area contributed by atoms with E-state index in [1.165, 1.54) is 12.3 Å². The summed E-state index contributed by atoms with van der Waals surface area (Å²) in [6, 6.07) is 6.41. The number of carbonyl (C=O) groups is 1. The first-order valence-corrected chi connectivity index (χ1v) is 5.44. The highest BCUT2D eigenvalue weighted by Crippen LogP contribution is 2.28. The molecule has 0 saturated heterocycles. The van der Waals surface area contributed by atoms with Crippen molar-refractivity contribution in [3.05, 3.63) is 46.6 Å². The first-order valence-electron chi connectivity index (χ1n) is 5.07. The molecule has 0 aliphatic heterocycles. The van der Waals surface area contributed by atoms with Gasteiger partial charge in [0.05, 0.1) is 6.20 Å². The van der Waals surface area contributed by atoms with Crippen LogP contribution in [0.3, 0.4) is 0 Å². The second-order valence-electron chi connectivity index (χ2n) is 3.57.